The summed E-state index contributed by atoms with van der Waals surface area (Å²) < 4.78 is 8.65. The van der Waals surface area contributed by atoms with Gasteiger partial charge in [-0.2, -0.15) is 5.10 Å². The third-order valence-corrected chi connectivity index (χ3v) is 8.03. The predicted octanol–water partition coefficient (Wildman–Crippen LogP) is 8.18. The molecule has 0 radical (unpaired) electrons. The Kier molecular flexibility index (Phi) is 5.78. The molecule has 196 valence electrons. The topological polar surface area (TPSA) is 39.9 Å². The zero-order valence-corrected chi connectivity index (χ0v) is 22.8. The van der Waals surface area contributed by atoms with E-state index in [0.717, 1.165) is 63.1 Å². The van der Waals surface area contributed by atoms with Gasteiger partial charge in [0.25, 0.3) is 0 Å². The molecular weight excluding hydrogens is 490 g/mol. The number of benzene rings is 4. The minimum Gasteiger partial charge on any atom is -0.488 e. The molecule has 7 rings (SSSR count). The first-order chi connectivity index (χ1) is 19.6. The molecule has 0 aliphatic heterocycles. The van der Waals surface area contributed by atoms with Crippen molar-refractivity contribution in [1.82, 2.24) is 14.8 Å². The molecule has 0 unspecified atom stereocenters. The van der Waals surface area contributed by atoms with Crippen LogP contribution in [0.25, 0.3) is 22.2 Å². The molecule has 1 fully saturated rings. The number of ether oxygens (including phenoxy) is 1. The minimum absolute atomic E-state index is 0.0705. The van der Waals surface area contributed by atoms with Gasteiger partial charge in [0.1, 0.15) is 22.6 Å². The minimum atomic E-state index is -0.715. The normalized spacial score (nSPS) is 14.2. The maximum Gasteiger partial charge on any atom is 0.138 e. The van der Waals surface area contributed by atoms with Crippen LogP contribution in [-0.4, -0.2) is 20.4 Å². The molecule has 4 nitrogen and oxygen atoms in total. The Bertz CT molecular complexity index is 1690. The lowest BCUT2D eigenvalue weighted by Crippen LogP contribution is -2.38. The second-order valence-electron chi connectivity index (χ2n) is 11.0. The summed E-state index contributed by atoms with van der Waals surface area (Å²) in [4.78, 5) is 4.46. The van der Waals surface area contributed by atoms with Gasteiger partial charge in [0, 0.05) is 22.8 Å². The summed E-state index contributed by atoms with van der Waals surface area (Å²) in [7, 11) is 0. The highest BCUT2D eigenvalue weighted by atomic mass is 16.5. The van der Waals surface area contributed by atoms with Crippen molar-refractivity contribution in [2.45, 2.75) is 37.8 Å². The average molecular weight is 522 g/mol. The molecule has 40 heavy (non-hydrogen) atoms. The summed E-state index contributed by atoms with van der Waals surface area (Å²) in [5, 5.41) is 6.54. The van der Waals surface area contributed by atoms with E-state index in [2.05, 4.69) is 132 Å². The molecule has 0 bridgehead atoms. The van der Waals surface area contributed by atoms with Crippen LogP contribution in [0.1, 0.15) is 42.1 Å². The van der Waals surface area contributed by atoms with Crippen molar-refractivity contribution >= 4 is 10.9 Å². The molecule has 0 spiro atoms. The van der Waals surface area contributed by atoms with Gasteiger partial charge < -0.3 is 4.74 Å². The molecule has 1 saturated carbocycles. The molecule has 1 aliphatic rings. The molecule has 2 heterocycles. The summed E-state index contributed by atoms with van der Waals surface area (Å²) in [6, 6.07) is 42.7. The van der Waals surface area contributed by atoms with Crippen LogP contribution in [0.3, 0.4) is 0 Å². The van der Waals surface area contributed by atoms with Crippen LogP contribution < -0.4 is 4.74 Å². The van der Waals surface area contributed by atoms with Crippen LogP contribution in [0.15, 0.2) is 128 Å². The van der Waals surface area contributed by atoms with Crippen LogP contribution in [-0.2, 0) is 5.54 Å². The Hall–Kier alpha value is -4.70. The first kappa shape index (κ1) is 24.3. The quantitative estimate of drug-likeness (QED) is 0.199. The van der Waals surface area contributed by atoms with Gasteiger partial charge in [0.2, 0.25) is 0 Å². The highest BCUT2D eigenvalue weighted by Gasteiger charge is 2.42. The Morgan fingerprint density at radius 1 is 0.725 bits per heavy atom. The zero-order chi connectivity index (χ0) is 27.2. The van der Waals surface area contributed by atoms with Crippen molar-refractivity contribution in [3.8, 4) is 17.0 Å². The number of hydrogen-bond donors (Lipinski definition) is 0. The Balaban J connectivity index is 1.59. The SMILES string of the molecule is Cc1cc(-c2nn(C(c3ccccc3)(c3ccccc3)c3ccccc3)c3ccc(OC4(C)CC4)cc23)ccn1. The van der Waals surface area contributed by atoms with Gasteiger partial charge in [-0.25, -0.2) is 4.68 Å². The number of rotatable bonds is 7. The zero-order valence-electron chi connectivity index (χ0n) is 22.8. The van der Waals surface area contributed by atoms with Crippen LogP contribution in [0.5, 0.6) is 5.75 Å². The average Bonchev–Trinajstić information content (AvgIpc) is 3.60. The van der Waals surface area contributed by atoms with Crippen molar-refractivity contribution in [1.29, 1.82) is 0 Å². The maximum atomic E-state index is 6.43. The number of nitrogens with zero attached hydrogens (tertiary/aromatic N) is 3. The molecule has 4 heteroatoms. The van der Waals surface area contributed by atoms with Crippen LogP contribution in [0.2, 0.25) is 0 Å². The summed E-state index contributed by atoms with van der Waals surface area (Å²) >= 11 is 0. The van der Waals surface area contributed by atoms with Gasteiger partial charge in [0.05, 0.1) is 5.52 Å². The Morgan fingerprint density at radius 2 is 1.30 bits per heavy atom. The largest absolute Gasteiger partial charge is 0.488 e. The van der Waals surface area contributed by atoms with E-state index < -0.39 is 5.54 Å². The van der Waals surface area contributed by atoms with E-state index in [1.54, 1.807) is 0 Å². The van der Waals surface area contributed by atoms with Gasteiger partial charge in [-0.3, -0.25) is 4.98 Å². The van der Waals surface area contributed by atoms with Crippen molar-refractivity contribution < 1.29 is 4.74 Å². The van der Waals surface area contributed by atoms with Crippen molar-refractivity contribution in [3.63, 3.8) is 0 Å². The van der Waals surface area contributed by atoms with Crippen molar-refractivity contribution in [2.75, 3.05) is 0 Å². The first-order valence-electron chi connectivity index (χ1n) is 13.9. The standard InChI is InChI=1S/C36H31N3O/c1-26-24-27(20-23-37-26)34-32-25-31(40-35(2)21-22-35)18-19-33(32)39(38-34)36(28-12-6-3-7-13-28,29-14-8-4-9-15-29)30-16-10-5-11-17-30/h3-20,23-25H,21-22H2,1-2H3. The van der Waals surface area contributed by atoms with E-state index in [1.165, 1.54) is 0 Å². The second-order valence-corrected chi connectivity index (χ2v) is 11.0. The lowest BCUT2D eigenvalue weighted by atomic mass is 9.77. The number of fused-ring (bicyclic) bond motifs is 1. The first-order valence-corrected chi connectivity index (χ1v) is 13.9. The maximum absolute atomic E-state index is 6.43. The molecule has 6 aromatic rings. The smallest absolute Gasteiger partial charge is 0.138 e. The van der Waals surface area contributed by atoms with Gasteiger partial charge >= 0.3 is 0 Å². The third kappa shape index (κ3) is 4.08. The highest BCUT2D eigenvalue weighted by molar-refractivity contribution is 5.95. The fourth-order valence-corrected chi connectivity index (χ4v) is 5.79. The van der Waals surface area contributed by atoms with E-state index in [1.807, 2.05) is 19.2 Å². The van der Waals surface area contributed by atoms with E-state index in [-0.39, 0.29) is 5.60 Å². The molecule has 2 aromatic heterocycles. The second kappa shape index (κ2) is 9.49. The van der Waals surface area contributed by atoms with Crippen molar-refractivity contribution in [2.24, 2.45) is 0 Å². The number of pyridine rings is 1. The van der Waals surface area contributed by atoms with E-state index in [0.29, 0.717) is 0 Å². The van der Waals surface area contributed by atoms with Gasteiger partial charge in [-0.05, 0) is 73.7 Å². The summed E-state index contributed by atoms with van der Waals surface area (Å²) in [5.74, 6) is 0.879. The lowest BCUT2D eigenvalue weighted by Gasteiger charge is -2.37. The molecule has 0 amide bonds. The Labute approximate surface area is 234 Å². The van der Waals surface area contributed by atoms with E-state index in [9.17, 15) is 0 Å². The molecule has 0 saturated heterocycles. The summed E-state index contributed by atoms with van der Waals surface area (Å²) in [6.45, 7) is 4.20. The van der Waals surface area contributed by atoms with Gasteiger partial charge in [-0.1, -0.05) is 91.0 Å². The fraction of sp³-hybridized carbons (Fsp3) is 0.167. The van der Waals surface area contributed by atoms with Crippen LogP contribution in [0.4, 0.5) is 0 Å². The monoisotopic (exact) mass is 521 g/mol. The van der Waals surface area contributed by atoms with Crippen molar-refractivity contribution in [3.05, 3.63) is 150 Å². The van der Waals surface area contributed by atoms with E-state index >= 15 is 0 Å². The third-order valence-electron chi connectivity index (χ3n) is 8.03. The lowest BCUT2D eigenvalue weighted by molar-refractivity contribution is 0.200. The predicted molar refractivity (Wildman–Crippen MR) is 161 cm³/mol. The molecule has 4 aromatic carbocycles. The number of aryl methyl sites for hydroxylation is 1. The highest BCUT2D eigenvalue weighted by Crippen LogP contribution is 2.45. The molecule has 1 aliphatic carbocycles. The summed E-state index contributed by atoms with van der Waals surface area (Å²) in [5.41, 5.74) is 6.58. The molecular formula is C36H31N3O. The summed E-state index contributed by atoms with van der Waals surface area (Å²) in [6.07, 6.45) is 4.03. The van der Waals surface area contributed by atoms with Gasteiger partial charge in [-0.15, -0.1) is 0 Å². The fourth-order valence-electron chi connectivity index (χ4n) is 5.79. The number of aromatic nitrogens is 3. The molecule has 0 atom stereocenters. The Morgan fingerprint density at radius 3 is 1.82 bits per heavy atom. The van der Waals surface area contributed by atoms with Crippen LogP contribution >= 0.6 is 0 Å². The number of hydrogen-bond acceptors (Lipinski definition) is 3. The van der Waals surface area contributed by atoms with Crippen LogP contribution in [0, 0.1) is 6.92 Å². The van der Waals surface area contributed by atoms with E-state index in [4.69, 9.17) is 9.84 Å². The molecule has 0 N–H and O–H groups in total. The van der Waals surface area contributed by atoms with Gasteiger partial charge in [0.15, 0.2) is 0 Å².